The van der Waals surface area contributed by atoms with Gasteiger partial charge < -0.3 is 9.15 Å². The number of furan rings is 1. The van der Waals surface area contributed by atoms with Crippen LogP contribution in [0.1, 0.15) is 16.1 Å². The SMILES string of the molecule is O=C(COC(=O)/C=C/c1ccc(Br)o1)NC(=O)c1ccccc1. The first kappa shape index (κ1) is 16.7. The van der Waals surface area contributed by atoms with Gasteiger partial charge in [-0.15, -0.1) is 0 Å². The Hall–Kier alpha value is -2.67. The molecule has 0 saturated carbocycles. The number of carbonyl (C=O) groups is 3. The van der Waals surface area contributed by atoms with E-state index in [1.807, 2.05) is 0 Å². The highest BCUT2D eigenvalue weighted by molar-refractivity contribution is 9.10. The van der Waals surface area contributed by atoms with Crippen molar-refractivity contribution >= 4 is 39.8 Å². The Labute approximate surface area is 140 Å². The van der Waals surface area contributed by atoms with Crippen LogP contribution in [0.4, 0.5) is 0 Å². The molecule has 0 bridgehead atoms. The van der Waals surface area contributed by atoms with E-state index in [-0.39, 0.29) is 0 Å². The molecule has 2 aromatic rings. The van der Waals surface area contributed by atoms with Gasteiger partial charge in [0.1, 0.15) is 5.76 Å². The van der Waals surface area contributed by atoms with E-state index in [2.05, 4.69) is 21.2 Å². The zero-order valence-corrected chi connectivity index (χ0v) is 13.4. The summed E-state index contributed by atoms with van der Waals surface area (Å²) in [6.07, 6.45) is 2.53. The highest BCUT2D eigenvalue weighted by atomic mass is 79.9. The third kappa shape index (κ3) is 5.55. The van der Waals surface area contributed by atoms with Gasteiger partial charge >= 0.3 is 5.97 Å². The molecule has 0 radical (unpaired) electrons. The van der Waals surface area contributed by atoms with Crippen LogP contribution in [-0.2, 0) is 14.3 Å². The van der Waals surface area contributed by atoms with Gasteiger partial charge in [-0.2, -0.15) is 0 Å². The minimum Gasteiger partial charge on any atom is -0.452 e. The highest BCUT2D eigenvalue weighted by Crippen LogP contribution is 2.14. The summed E-state index contributed by atoms with van der Waals surface area (Å²) < 4.78 is 10.4. The topological polar surface area (TPSA) is 85.6 Å². The molecule has 23 heavy (non-hydrogen) atoms. The molecule has 2 rings (SSSR count). The summed E-state index contributed by atoms with van der Waals surface area (Å²) in [6, 6.07) is 11.6. The Balaban J connectivity index is 1.76. The Morgan fingerprint density at radius 1 is 1.13 bits per heavy atom. The summed E-state index contributed by atoms with van der Waals surface area (Å²) in [6.45, 7) is -0.552. The molecule has 0 fully saturated rings. The first-order valence-electron chi connectivity index (χ1n) is 6.54. The highest BCUT2D eigenvalue weighted by Gasteiger charge is 2.11. The van der Waals surface area contributed by atoms with Crippen LogP contribution in [-0.4, -0.2) is 24.4 Å². The van der Waals surface area contributed by atoms with Crippen molar-refractivity contribution in [2.45, 2.75) is 0 Å². The number of halogens is 1. The smallest absolute Gasteiger partial charge is 0.331 e. The maximum atomic E-state index is 11.7. The van der Waals surface area contributed by atoms with E-state index in [0.29, 0.717) is 16.0 Å². The normalized spacial score (nSPS) is 10.5. The van der Waals surface area contributed by atoms with Crippen LogP contribution in [0.15, 0.2) is 57.6 Å². The number of amides is 2. The molecule has 0 atom stereocenters. The van der Waals surface area contributed by atoms with Gasteiger partial charge in [0.2, 0.25) is 0 Å². The molecule has 6 nitrogen and oxygen atoms in total. The monoisotopic (exact) mass is 377 g/mol. The van der Waals surface area contributed by atoms with E-state index in [0.717, 1.165) is 6.08 Å². The summed E-state index contributed by atoms with van der Waals surface area (Å²) in [4.78, 5) is 34.7. The molecular weight excluding hydrogens is 366 g/mol. The number of ether oxygens (including phenoxy) is 1. The number of benzene rings is 1. The Bertz CT molecular complexity index is 736. The van der Waals surface area contributed by atoms with Crippen LogP contribution >= 0.6 is 15.9 Å². The van der Waals surface area contributed by atoms with Gasteiger partial charge in [0.15, 0.2) is 11.3 Å². The van der Waals surface area contributed by atoms with Crippen molar-refractivity contribution in [3.05, 3.63) is 64.5 Å². The fraction of sp³-hybridized carbons (Fsp3) is 0.0625. The lowest BCUT2D eigenvalue weighted by molar-refractivity contribution is -0.143. The molecule has 1 aromatic carbocycles. The molecule has 1 aromatic heterocycles. The maximum absolute atomic E-state index is 11.7. The van der Waals surface area contributed by atoms with E-state index in [4.69, 9.17) is 9.15 Å². The number of hydrogen-bond donors (Lipinski definition) is 1. The molecule has 1 N–H and O–H groups in total. The molecule has 0 unspecified atom stereocenters. The molecule has 0 aliphatic carbocycles. The third-order valence-electron chi connectivity index (χ3n) is 2.61. The van der Waals surface area contributed by atoms with Crippen molar-refractivity contribution in [1.29, 1.82) is 0 Å². The summed E-state index contributed by atoms with van der Waals surface area (Å²) in [5.41, 5.74) is 0.343. The van der Waals surface area contributed by atoms with Gasteiger partial charge in [0.25, 0.3) is 11.8 Å². The van der Waals surface area contributed by atoms with E-state index >= 15 is 0 Å². The largest absolute Gasteiger partial charge is 0.452 e. The van der Waals surface area contributed by atoms with Gasteiger partial charge in [-0.05, 0) is 46.3 Å². The molecule has 0 spiro atoms. The van der Waals surface area contributed by atoms with Crippen LogP contribution in [0.2, 0.25) is 0 Å². The summed E-state index contributed by atoms with van der Waals surface area (Å²) in [7, 11) is 0. The molecule has 7 heteroatoms. The zero-order valence-electron chi connectivity index (χ0n) is 11.8. The van der Waals surface area contributed by atoms with Crippen molar-refractivity contribution < 1.29 is 23.5 Å². The summed E-state index contributed by atoms with van der Waals surface area (Å²) in [5.74, 6) is -1.53. The number of esters is 1. The lowest BCUT2D eigenvalue weighted by atomic mass is 10.2. The Kier molecular flexibility index (Phi) is 5.87. The predicted molar refractivity (Wildman–Crippen MR) is 85.3 cm³/mol. The van der Waals surface area contributed by atoms with Crippen LogP contribution in [0.25, 0.3) is 6.08 Å². The van der Waals surface area contributed by atoms with Gasteiger partial charge in [0, 0.05) is 11.6 Å². The van der Waals surface area contributed by atoms with E-state index < -0.39 is 24.4 Å². The van der Waals surface area contributed by atoms with Crippen LogP contribution in [0.3, 0.4) is 0 Å². The standard InChI is InChI=1S/C16H12BrNO5/c17-13-8-6-12(23-13)7-9-15(20)22-10-14(19)18-16(21)11-4-2-1-3-5-11/h1-9H,10H2,(H,18,19,21)/b9-7+. The first-order valence-corrected chi connectivity index (χ1v) is 7.33. The van der Waals surface area contributed by atoms with Crippen molar-refractivity contribution in [2.75, 3.05) is 6.61 Å². The van der Waals surface area contributed by atoms with Crippen LogP contribution in [0.5, 0.6) is 0 Å². The van der Waals surface area contributed by atoms with E-state index in [1.165, 1.54) is 6.08 Å². The molecule has 0 aliphatic rings. The second-order valence-electron chi connectivity index (χ2n) is 4.33. The number of imide groups is 1. The number of carbonyl (C=O) groups excluding carboxylic acids is 3. The first-order chi connectivity index (χ1) is 11.0. The zero-order chi connectivity index (χ0) is 16.7. The molecule has 0 saturated heterocycles. The minimum absolute atomic E-state index is 0.343. The van der Waals surface area contributed by atoms with Gasteiger partial charge in [-0.3, -0.25) is 14.9 Å². The van der Waals surface area contributed by atoms with Crippen LogP contribution < -0.4 is 5.32 Å². The lowest BCUT2D eigenvalue weighted by Gasteiger charge is -2.04. The predicted octanol–water partition coefficient (Wildman–Crippen LogP) is 2.56. The fourth-order valence-corrected chi connectivity index (χ4v) is 1.90. The van der Waals surface area contributed by atoms with Gasteiger partial charge in [-0.1, -0.05) is 18.2 Å². The van der Waals surface area contributed by atoms with E-state index in [1.54, 1.807) is 42.5 Å². The fourth-order valence-electron chi connectivity index (χ4n) is 1.58. The maximum Gasteiger partial charge on any atom is 0.331 e. The molecule has 1 heterocycles. The third-order valence-corrected chi connectivity index (χ3v) is 3.04. The van der Waals surface area contributed by atoms with Crippen LogP contribution in [0, 0.1) is 0 Å². The quantitative estimate of drug-likeness (QED) is 0.639. The van der Waals surface area contributed by atoms with Crippen molar-refractivity contribution in [3.63, 3.8) is 0 Å². The molecule has 118 valence electrons. The Morgan fingerprint density at radius 3 is 2.52 bits per heavy atom. The van der Waals surface area contributed by atoms with E-state index in [9.17, 15) is 14.4 Å². The minimum atomic E-state index is -0.722. The summed E-state index contributed by atoms with van der Waals surface area (Å²) in [5, 5.41) is 2.12. The second-order valence-corrected chi connectivity index (χ2v) is 5.11. The van der Waals surface area contributed by atoms with Gasteiger partial charge in [0.05, 0.1) is 0 Å². The average Bonchev–Trinajstić information content (AvgIpc) is 2.97. The Morgan fingerprint density at radius 2 is 1.87 bits per heavy atom. The average molecular weight is 378 g/mol. The summed E-state index contributed by atoms with van der Waals surface area (Å²) >= 11 is 3.13. The molecule has 0 aliphatic heterocycles. The van der Waals surface area contributed by atoms with Crippen molar-refractivity contribution in [2.24, 2.45) is 0 Å². The number of nitrogens with one attached hydrogen (secondary N) is 1. The van der Waals surface area contributed by atoms with Gasteiger partial charge in [-0.25, -0.2) is 4.79 Å². The number of rotatable bonds is 5. The molecule has 2 amide bonds. The molecular formula is C16H12BrNO5. The second kappa shape index (κ2) is 8.09. The van der Waals surface area contributed by atoms with Crippen molar-refractivity contribution in [3.8, 4) is 0 Å². The lowest BCUT2D eigenvalue weighted by Crippen LogP contribution is -2.33. The van der Waals surface area contributed by atoms with Crippen molar-refractivity contribution in [1.82, 2.24) is 5.32 Å². The number of hydrogen-bond acceptors (Lipinski definition) is 5.